The maximum Gasteiger partial charge on any atom is 0.243 e. The molecule has 3 aromatic rings. The Morgan fingerprint density at radius 2 is 1.66 bits per heavy atom. The maximum atomic E-state index is 11.2. The van der Waals surface area contributed by atoms with E-state index in [1.54, 1.807) is 18.2 Å². The smallest absolute Gasteiger partial charge is 0.243 e. The lowest BCUT2D eigenvalue weighted by Crippen LogP contribution is -2.19. The molecule has 0 aliphatic rings. The number of nitrogens with one attached hydrogen (secondary N) is 1. The minimum Gasteiger partial charge on any atom is -0.508 e. The van der Waals surface area contributed by atoms with Crippen LogP contribution < -0.4 is 5.32 Å². The number of rotatable bonds is 7. The average Bonchev–Trinajstić information content (AvgIpc) is 2.74. The van der Waals surface area contributed by atoms with Gasteiger partial charge in [-0.2, -0.15) is 5.11 Å². The number of azo groups is 1. The molecule has 0 saturated carbocycles. The number of aromatic hydroxyl groups is 2. The van der Waals surface area contributed by atoms with Gasteiger partial charge in [0.2, 0.25) is 5.91 Å². The molecule has 3 aromatic carbocycles. The molecular weight excluding hydrogens is 366 g/mol. The number of carbonyl (C=O) groups excluding carboxylic acids is 1. The molecule has 0 fully saturated rings. The van der Waals surface area contributed by atoms with Crippen LogP contribution in [0, 0.1) is 0 Å². The number of amides is 1. The van der Waals surface area contributed by atoms with E-state index in [4.69, 9.17) is 0 Å². The van der Waals surface area contributed by atoms with Crippen LogP contribution in [-0.2, 0) is 17.8 Å². The van der Waals surface area contributed by atoms with Gasteiger partial charge in [0.1, 0.15) is 17.2 Å². The number of phenols is 2. The third kappa shape index (κ3) is 5.52. The van der Waals surface area contributed by atoms with Crippen molar-refractivity contribution >= 4 is 17.3 Å². The van der Waals surface area contributed by atoms with Gasteiger partial charge in [-0.3, -0.25) is 4.79 Å². The van der Waals surface area contributed by atoms with Crippen molar-refractivity contribution in [2.24, 2.45) is 10.2 Å². The van der Waals surface area contributed by atoms with E-state index >= 15 is 0 Å². The first kappa shape index (κ1) is 19.8. The standard InChI is InChI=1S/C23H21N3O3/c1-2-23(29)24-15-17-8-10-19(11-9-17)25-26-20-13-18(21(27)14-22(20)28)12-16-6-4-3-5-7-16/h2-11,13-14,27-28H,1,12,15H2,(H,24,29). The number of phenolic OH excluding ortho intramolecular Hbond substituents is 2. The summed E-state index contributed by atoms with van der Waals surface area (Å²) in [4.78, 5) is 11.2. The molecule has 6 heteroatoms. The molecule has 146 valence electrons. The van der Waals surface area contributed by atoms with E-state index in [0.29, 0.717) is 24.2 Å². The number of hydrogen-bond donors (Lipinski definition) is 3. The molecule has 0 spiro atoms. The summed E-state index contributed by atoms with van der Waals surface area (Å²) in [6.07, 6.45) is 1.74. The van der Waals surface area contributed by atoms with Gasteiger partial charge in [-0.05, 0) is 35.4 Å². The van der Waals surface area contributed by atoms with Crippen LogP contribution in [-0.4, -0.2) is 16.1 Å². The lowest BCUT2D eigenvalue weighted by atomic mass is 10.0. The van der Waals surface area contributed by atoms with E-state index in [0.717, 1.165) is 11.1 Å². The predicted octanol–water partition coefficient (Wildman–Crippen LogP) is 4.91. The fraction of sp³-hybridized carbons (Fsp3) is 0.0870. The molecule has 0 radical (unpaired) electrons. The van der Waals surface area contributed by atoms with E-state index < -0.39 is 0 Å². The van der Waals surface area contributed by atoms with Crippen molar-refractivity contribution in [2.75, 3.05) is 0 Å². The first-order chi connectivity index (χ1) is 14.0. The molecule has 3 N–H and O–H groups in total. The Balaban J connectivity index is 1.73. The summed E-state index contributed by atoms with van der Waals surface area (Å²) in [5, 5.41) is 31.2. The highest BCUT2D eigenvalue weighted by Gasteiger charge is 2.09. The normalized spacial score (nSPS) is 10.8. The Hall–Kier alpha value is -3.93. The van der Waals surface area contributed by atoms with Crippen molar-refractivity contribution in [3.8, 4) is 11.5 Å². The van der Waals surface area contributed by atoms with Crippen molar-refractivity contribution in [1.82, 2.24) is 5.32 Å². The Bertz CT molecular complexity index is 1030. The minimum absolute atomic E-state index is 0.0104. The monoisotopic (exact) mass is 387 g/mol. The van der Waals surface area contributed by atoms with Gasteiger partial charge in [0, 0.05) is 24.6 Å². The van der Waals surface area contributed by atoms with Crippen LogP contribution in [0.25, 0.3) is 0 Å². The Morgan fingerprint density at radius 1 is 0.931 bits per heavy atom. The van der Waals surface area contributed by atoms with Gasteiger partial charge < -0.3 is 15.5 Å². The molecule has 29 heavy (non-hydrogen) atoms. The van der Waals surface area contributed by atoms with E-state index in [1.165, 1.54) is 12.1 Å². The van der Waals surface area contributed by atoms with Crippen LogP contribution in [0.3, 0.4) is 0 Å². The lowest BCUT2D eigenvalue weighted by molar-refractivity contribution is -0.116. The Morgan fingerprint density at radius 3 is 2.34 bits per heavy atom. The summed E-state index contributed by atoms with van der Waals surface area (Å²) < 4.78 is 0. The zero-order valence-electron chi connectivity index (χ0n) is 15.7. The second-order valence-corrected chi connectivity index (χ2v) is 6.42. The van der Waals surface area contributed by atoms with Gasteiger partial charge in [0.25, 0.3) is 0 Å². The zero-order chi connectivity index (χ0) is 20.6. The van der Waals surface area contributed by atoms with Crippen LogP contribution >= 0.6 is 0 Å². The quantitative estimate of drug-likeness (QED) is 0.397. The van der Waals surface area contributed by atoms with Crippen LogP contribution in [0.2, 0.25) is 0 Å². The SMILES string of the molecule is C=CC(=O)NCc1ccc(N=Nc2cc(Cc3ccccc3)c(O)cc2O)cc1. The molecule has 0 atom stereocenters. The summed E-state index contributed by atoms with van der Waals surface area (Å²) in [6, 6.07) is 19.8. The molecule has 0 unspecified atom stereocenters. The van der Waals surface area contributed by atoms with Gasteiger partial charge in [0.05, 0.1) is 5.69 Å². The lowest BCUT2D eigenvalue weighted by Gasteiger charge is -2.07. The molecule has 0 aliphatic carbocycles. The van der Waals surface area contributed by atoms with E-state index in [2.05, 4.69) is 22.1 Å². The molecule has 0 aromatic heterocycles. The maximum absolute atomic E-state index is 11.2. The highest BCUT2D eigenvalue weighted by molar-refractivity contribution is 5.86. The van der Waals surface area contributed by atoms with E-state index in [9.17, 15) is 15.0 Å². The summed E-state index contributed by atoms with van der Waals surface area (Å²) >= 11 is 0. The van der Waals surface area contributed by atoms with Crippen LogP contribution in [0.15, 0.2) is 89.6 Å². The third-order valence-electron chi connectivity index (χ3n) is 4.27. The molecule has 0 aliphatic heterocycles. The fourth-order valence-electron chi connectivity index (χ4n) is 2.70. The van der Waals surface area contributed by atoms with E-state index in [1.807, 2.05) is 42.5 Å². The molecule has 1 amide bonds. The first-order valence-corrected chi connectivity index (χ1v) is 9.05. The molecule has 6 nitrogen and oxygen atoms in total. The molecule has 0 heterocycles. The third-order valence-corrected chi connectivity index (χ3v) is 4.27. The Labute approximate surface area is 168 Å². The van der Waals surface area contributed by atoms with Crippen molar-refractivity contribution < 1.29 is 15.0 Å². The number of benzene rings is 3. The largest absolute Gasteiger partial charge is 0.508 e. The fourth-order valence-corrected chi connectivity index (χ4v) is 2.70. The van der Waals surface area contributed by atoms with Gasteiger partial charge in [-0.25, -0.2) is 0 Å². The predicted molar refractivity (Wildman–Crippen MR) is 112 cm³/mol. The van der Waals surface area contributed by atoms with E-state index in [-0.39, 0.29) is 23.1 Å². The topological polar surface area (TPSA) is 94.3 Å². The molecular formula is C23H21N3O3. The first-order valence-electron chi connectivity index (χ1n) is 9.05. The van der Waals surface area contributed by atoms with Crippen LogP contribution in [0.5, 0.6) is 11.5 Å². The molecule has 0 saturated heterocycles. The second kappa shape index (κ2) is 9.32. The van der Waals surface area contributed by atoms with Crippen LogP contribution in [0.1, 0.15) is 16.7 Å². The highest BCUT2D eigenvalue weighted by atomic mass is 16.3. The molecule has 3 rings (SSSR count). The van der Waals surface area contributed by atoms with Gasteiger partial charge in [-0.15, -0.1) is 5.11 Å². The summed E-state index contributed by atoms with van der Waals surface area (Å²) in [6.45, 7) is 3.80. The van der Waals surface area contributed by atoms with Gasteiger partial charge in [-0.1, -0.05) is 49.0 Å². The van der Waals surface area contributed by atoms with Crippen molar-refractivity contribution in [2.45, 2.75) is 13.0 Å². The number of nitrogens with zero attached hydrogens (tertiary/aromatic N) is 2. The number of hydrogen-bond acceptors (Lipinski definition) is 5. The van der Waals surface area contributed by atoms with Crippen LogP contribution in [0.4, 0.5) is 11.4 Å². The Kier molecular flexibility index (Phi) is 6.37. The van der Waals surface area contributed by atoms with Crippen molar-refractivity contribution in [1.29, 1.82) is 0 Å². The van der Waals surface area contributed by atoms with Crippen molar-refractivity contribution in [3.05, 3.63) is 96.1 Å². The second-order valence-electron chi connectivity index (χ2n) is 6.42. The van der Waals surface area contributed by atoms with Gasteiger partial charge >= 0.3 is 0 Å². The summed E-state index contributed by atoms with van der Waals surface area (Å²) in [5.74, 6) is -0.370. The minimum atomic E-state index is -0.233. The van der Waals surface area contributed by atoms with Crippen molar-refractivity contribution in [3.63, 3.8) is 0 Å². The average molecular weight is 387 g/mol. The van der Waals surface area contributed by atoms with Gasteiger partial charge in [0.15, 0.2) is 0 Å². The highest BCUT2D eigenvalue weighted by Crippen LogP contribution is 2.35. The summed E-state index contributed by atoms with van der Waals surface area (Å²) in [7, 11) is 0. The zero-order valence-corrected chi connectivity index (χ0v) is 15.7. The summed E-state index contributed by atoms with van der Waals surface area (Å²) in [5.41, 5.74) is 3.47. The molecule has 0 bridgehead atoms. The number of carbonyl (C=O) groups is 1.